The standard InChI is InChI=1S/C12H13NO3S/c1-9-3-5-10(6-4-9)12-7-11(16-13-12)8-17(2,14)15/h3-7H,8H2,1-2H3. The number of aromatic nitrogens is 1. The maximum atomic E-state index is 11.1. The second-order valence-electron chi connectivity index (χ2n) is 4.11. The Bertz CT molecular complexity index is 611. The lowest BCUT2D eigenvalue weighted by Crippen LogP contribution is -1.98. The van der Waals surface area contributed by atoms with Crippen LogP contribution in [-0.4, -0.2) is 19.8 Å². The van der Waals surface area contributed by atoms with E-state index in [2.05, 4.69) is 5.16 Å². The SMILES string of the molecule is Cc1ccc(-c2cc(CS(C)(=O)=O)on2)cc1. The molecule has 0 radical (unpaired) electrons. The summed E-state index contributed by atoms with van der Waals surface area (Å²) >= 11 is 0. The van der Waals surface area contributed by atoms with Gasteiger partial charge in [0.15, 0.2) is 15.6 Å². The van der Waals surface area contributed by atoms with Gasteiger partial charge in [-0.25, -0.2) is 8.42 Å². The summed E-state index contributed by atoms with van der Waals surface area (Å²) < 4.78 is 27.2. The van der Waals surface area contributed by atoms with Gasteiger partial charge >= 0.3 is 0 Å². The summed E-state index contributed by atoms with van der Waals surface area (Å²) in [4.78, 5) is 0. The van der Waals surface area contributed by atoms with Gasteiger partial charge in [0.05, 0.1) is 0 Å². The number of rotatable bonds is 3. The average Bonchev–Trinajstić information content (AvgIpc) is 2.64. The fourth-order valence-electron chi connectivity index (χ4n) is 1.50. The zero-order valence-electron chi connectivity index (χ0n) is 9.67. The fourth-order valence-corrected chi connectivity index (χ4v) is 2.15. The van der Waals surface area contributed by atoms with Crippen LogP contribution in [0.3, 0.4) is 0 Å². The highest BCUT2D eigenvalue weighted by Gasteiger charge is 2.11. The lowest BCUT2D eigenvalue weighted by Gasteiger charge is -1.95. The third-order valence-corrected chi connectivity index (χ3v) is 3.12. The Morgan fingerprint density at radius 3 is 2.47 bits per heavy atom. The Balaban J connectivity index is 2.27. The van der Waals surface area contributed by atoms with E-state index in [1.54, 1.807) is 6.07 Å². The third-order valence-electron chi connectivity index (χ3n) is 2.31. The first-order valence-electron chi connectivity index (χ1n) is 5.14. The minimum Gasteiger partial charge on any atom is -0.360 e. The van der Waals surface area contributed by atoms with Crippen LogP contribution in [0, 0.1) is 6.92 Å². The summed E-state index contributed by atoms with van der Waals surface area (Å²) in [6.45, 7) is 2.00. The molecule has 0 bridgehead atoms. The van der Waals surface area contributed by atoms with Gasteiger partial charge in [-0.2, -0.15) is 0 Å². The van der Waals surface area contributed by atoms with Gasteiger partial charge in [0, 0.05) is 17.9 Å². The number of benzene rings is 1. The molecule has 0 saturated heterocycles. The predicted molar refractivity (Wildman–Crippen MR) is 65.2 cm³/mol. The molecule has 0 aliphatic carbocycles. The molecule has 17 heavy (non-hydrogen) atoms. The zero-order chi connectivity index (χ0) is 12.5. The summed E-state index contributed by atoms with van der Waals surface area (Å²) in [6, 6.07) is 9.46. The van der Waals surface area contributed by atoms with Crippen molar-refractivity contribution < 1.29 is 12.9 Å². The molecular weight excluding hydrogens is 238 g/mol. The van der Waals surface area contributed by atoms with Crippen LogP contribution in [-0.2, 0) is 15.6 Å². The van der Waals surface area contributed by atoms with Crippen LogP contribution >= 0.6 is 0 Å². The molecule has 0 amide bonds. The molecule has 0 atom stereocenters. The van der Waals surface area contributed by atoms with Gasteiger partial charge in [0.2, 0.25) is 0 Å². The summed E-state index contributed by atoms with van der Waals surface area (Å²) in [6.07, 6.45) is 1.17. The normalized spacial score (nSPS) is 11.6. The molecule has 90 valence electrons. The van der Waals surface area contributed by atoms with Gasteiger partial charge in [-0.3, -0.25) is 0 Å². The molecule has 0 aliphatic rings. The van der Waals surface area contributed by atoms with E-state index in [0.717, 1.165) is 11.1 Å². The first kappa shape index (κ1) is 11.9. The smallest absolute Gasteiger partial charge is 0.154 e. The molecule has 0 unspecified atom stereocenters. The van der Waals surface area contributed by atoms with Crippen LogP contribution in [0.25, 0.3) is 11.3 Å². The Morgan fingerprint density at radius 1 is 1.24 bits per heavy atom. The third kappa shape index (κ3) is 3.17. The van der Waals surface area contributed by atoms with Crippen LogP contribution in [0.15, 0.2) is 34.9 Å². The molecule has 0 aliphatic heterocycles. The molecule has 0 N–H and O–H groups in total. The maximum absolute atomic E-state index is 11.1. The first-order valence-corrected chi connectivity index (χ1v) is 7.20. The summed E-state index contributed by atoms with van der Waals surface area (Å²) in [7, 11) is -3.09. The van der Waals surface area contributed by atoms with Crippen LogP contribution in [0.2, 0.25) is 0 Å². The van der Waals surface area contributed by atoms with Crippen LogP contribution in [0.4, 0.5) is 0 Å². The second-order valence-corrected chi connectivity index (χ2v) is 6.25. The minimum absolute atomic E-state index is 0.119. The topological polar surface area (TPSA) is 60.2 Å². The highest BCUT2D eigenvalue weighted by atomic mass is 32.2. The monoisotopic (exact) mass is 251 g/mol. The minimum atomic E-state index is -3.09. The predicted octanol–water partition coefficient (Wildman–Crippen LogP) is 2.19. The van der Waals surface area contributed by atoms with Crippen molar-refractivity contribution in [1.82, 2.24) is 5.16 Å². The quantitative estimate of drug-likeness (QED) is 0.839. The number of hydrogen-bond acceptors (Lipinski definition) is 4. The number of sulfone groups is 1. The molecule has 1 aromatic carbocycles. The van der Waals surface area contributed by atoms with E-state index in [1.807, 2.05) is 31.2 Å². The molecule has 0 saturated carbocycles. The van der Waals surface area contributed by atoms with Crippen LogP contribution < -0.4 is 0 Å². The van der Waals surface area contributed by atoms with Crippen molar-refractivity contribution in [3.8, 4) is 11.3 Å². The summed E-state index contributed by atoms with van der Waals surface area (Å²) in [5.41, 5.74) is 2.73. The Hall–Kier alpha value is -1.62. The van der Waals surface area contributed by atoms with E-state index in [-0.39, 0.29) is 5.75 Å². The lowest BCUT2D eigenvalue weighted by molar-refractivity contribution is 0.395. The molecular formula is C12H13NO3S. The summed E-state index contributed by atoms with van der Waals surface area (Å²) in [5.74, 6) is 0.245. The molecule has 0 fully saturated rings. The van der Waals surface area contributed by atoms with E-state index >= 15 is 0 Å². The van der Waals surface area contributed by atoms with Crippen molar-refractivity contribution in [1.29, 1.82) is 0 Å². The van der Waals surface area contributed by atoms with Gasteiger partial charge in [-0.05, 0) is 6.92 Å². The Kier molecular flexibility index (Phi) is 3.02. The van der Waals surface area contributed by atoms with E-state index in [9.17, 15) is 8.42 Å². The molecule has 4 nitrogen and oxygen atoms in total. The van der Waals surface area contributed by atoms with Crippen molar-refractivity contribution in [2.24, 2.45) is 0 Å². The van der Waals surface area contributed by atoms with Crippen molar-refractivity contribution in [3.05, 3.63) is 41.7 Å². The van der Waals surface area contributed by atoms with E-state index in [1.165, 1.54) is 6.26 Å². The highest BCUT2D eigenvalue weighted by Crippen LogP contribution is 2.20. The Morgan fingerprint density at radius 2 is 1.88 bits per heavy atom. The van der Waals surface area contributed by atoms with E-state index in [4.69, 9.17) is 4.52 Å². The van der Waals surface area contributed by atoms with Crippen LogP contribution in [0.5, 0.6) is 0 Å². The first-order chi connectivity index (χ1) is 7.94. The van der Waals surface area contributed by atoms with Gasteiger partial charge in [0.1, 0.15) is 11.4 Å². The molecule has 5 heteroatoms. The number of nitrogens with zero attached hydrogens (tertiary/aromatic N) is 1. The molecule has 1 heterocycles. The van der Waals surface area contributed by atoms with Gasteiger partial charge in [-0.15, -0.1) is 0 Å². The maximum Gasteiger partial charge on any atom is 0.154 e. The lowest BCUT2D eigenvalue weighted by atomic mass is 10.1. The largest absolute Gasteiger partial charge is 0.360 e. The Labute approximate surface area is 100 Å². The highest BCUT2D eigenvalue weighted by molar-refractivity contribution is 7.89. The molecule has 0 spiro atoms. The number of aryl methyl sites for hydroxylation is 1. The van der Waals surface area contributed by atoms with Gasteiger partial charge < -0.3 is 4.52 Å². The zero-order valence-corrected chi connectivity index (χ0v) is 10.5. The number of hydrogen-bond donors (Lipinski definition) is 0. The van der Waals surface area contributed by atoms with Crippen LogP contribution in [0.1, 0.15) is 11.3 Å². The second kappa shape index (κ2) is 4.33. The summed E-state index contributed by atoms with van der Waals surface area (Å²) in [5, 5.41) is 3.86. The van der Waals surface area contributed by atoms with Gasteiger partial charge in [-0.1, -0.05) is 35.0 Å². The van der Waals surface area contributed by atoms with E-state index < -0.39 is 9.84 Å². The molecule has 2 aromatic rings. The van der Waals surface area contributed by atoms with Crippen molar-refractivity contribution in [2.45, 2.75) is 12.7 Å². The van der Waals surface area contributed by atoms with Gasteiger partial charge in [0.25, 0.3) is 0 Å². The van der Waals surface area contributed by atoms with Crippen molar-refractivity contribution in [3.63, 3.8) is 0 Å². The molecule has 1 aromatic heterocycles. The fraction of sp³-hybridized carbons (Fsp3) is 0.250. The van der Waals surface area contributed by atoms with E-state index in [0.29, 0.717) is 11.5 Å². The average molecular weight is 251 g/mol. The van der Waals surface area contributed by atoms with Crippen molar-refractivity contribution >= 4 is 9.84 Å². The molecule has 2 rings (SSSR count). The van der Waals surface area contributed by atoms with Crippen molar-refractivity contribution in [2.75, 3.05) is 6.26 Å².